The summed E-state index contributed by atoms with van der Waals surface area (Å²) in [5.74, 6) is 0.839. The summed E-state index contributed by atoms with van der Waals surface area (Å²) in [5.41, 5.74) is 12.7. The number of benzene rings is 6. The fourth-order valence-corrected chi connectivity index (χ4v) is 8.96. The molecule has 0 amide bonds. The molecule has 6 aromatic carbocycles. The second-order valence-corrected chi connectivity index (χ2v) is 16.8. The predicted molar refractivity (Wildman–Crippen MR) is 279 cm³/mol. The first-order chi connectivity index (χ1) is 33.0. The number of aryl methyl sites for hydroxylation is 2. The Morgan fingerprint density at radius 1 is 0.493 bits per heavy atom. The van der Waals surface area contributed by atoms with Crippen LogP contribution in [0.15, 0.2) is 219 Å². The van der Waals surface area contributed by atoms with E-state index in [1.165, 1.54) is 49.0 Å². The molecule has 339 valence electrons. The van der Waals surface area contributed by atoms with Crippen molar-refractivity contribution in [3.8, 4) is 49.8 Å². The van der Waals surface area contributed by atoms with Crippen molar-refractivity contribution >= 4 is 70.8 Å². The van der Waals surface area contributed by atoms with Crippen LogP contribution in [0.4, 0.5) is 0 Å². The molecule has 69 heavy (non-hydrogen) atoms. The van der Waals surface area contributed by atoms with Crippen molar-refractivity contribution in [3.63, 3.8) is 0 Å². The van der Waals surface area contributed by atoms with E-state index in [0.717, 1.165) is 71.7 Å². The summed E-state index contributed by atoms with van der Waals surface area (Å²) in [5, 5.41) is 4.56. The van der Waals surface area contributed by atoms with Crippen molar-refractivity contribution in [2.24, 2.45) is 0 Å². The van der Waals surface area contributed by atoms with Gasteiger partial charge in [0.1, 0.15) is 11.3 Å². The van der Waals surface area contributed by atoms with Gasteiger partial charge in [0.25, 0.3) is 0 Å². The van der Waals surface area contributed by atoms with Gasteiger partial charge >= 0.3 is 16.6 Å². The maximum Gasteiger partial charge on any atom is 0.494 e. The molecule has 0 aliphatic rings. The first-order valence-corrected chi connectivity index (χ1v) is 23.2. The Bertz CT molecular complexity index is 3350. The first-order valence-electron chi connectivity index (χ1n) is 21.8. The van der Waals surface area contributed by atoms with Crippen LogP contribution >= 0.6 is 11.3 Å². The monoisotopic (exact) mass is 1280 g/mol. The Morgan fingerprint density at radius 3 is 1.61 bits per heavy atom. The summed E-state index contributed by atoms with van der Waals surface area (Å²) < 4.78 is 6.45. The van der Waals surface area contributed by atoms with Gasteiger partial charge < -0.3 is 13.8 Å². The first kappa shape index (κ1) is 50.3. The van der Waals surface area contributed by atoms with Crippen LogP contribution in [0.5, 0.6) is 5.75 Å². The van der Waals surface area contributed by atoms with Gasteiger partial charge in [-0.15, -0.1) is 59.5 Å². The second-order valence-electron chi connectivity index (χ2n) is 15.4. The molecule has 0 saturated heterocycles. The van der Waals surface area contributed by atoms with E-state index in [4.69, 9.17) is 13.8 Å². The second kappa shape index (κ2) is 24.6. The number of rotatable bonds is 5. The van der Waals surface area contributed by atoms with Crippen molar-refractivity contribution in [2.45, 2.75) is 13.8 Å². The molecule has 3 radical (unpaired) electrons. The SMILES string of the molecule is Cc1cc(-c2ccccc2)c2ccc3c(-c4ccccc4)cc(C)nc3c2n1.[AlH][O]c1cccc2cccnc12.[Ir].[Ir].[c-]1c(-c2ccccn2)sc2ccccc12.[c-]1ccccc1-c1ccccn1. The largest absolute Gasteiger partial charge is 0.649 e. The summed E-state index contributed by atoms with van der Waals surface area (Å²) >= 11 is 3.20. The van der Waals surface area contributed by atoms with Gasteiger partial charge in [0, 0.05) is 92.0 Å². The molecule has 6 heterocycles. The quantitative estimate of drug-likeness (QED) is 0.0971. The molecule has 6 nitrogen and oxygen atoms in total. The van der Waals surface area contributed by atoms with Gasteiger partial charge in [0.15, 0.2) is 0 Å². The standard InChI is InChI=1S/C26H20N2.C13H8NS.C11H8N.C9H7NO.Al.2Ir.H/c1-17-15-23(19-9-5-3-6-10-19)21-13-14-22-24(20-11-7-4-8-12-20)16-18(2)28-26(22)25(21)27-17;1-2-7-12-10(5-1)9-13(15-12)11-6-3-4-8-14-11;1-2-6-10(7-3-1)11-8-4-5-9-12-11;11-8-5-1-3-7-4-2-6-10-9(7)8;;;;/h3-16H,1-2H3;1-8H;1-6,8-9H;1-6,11H;;;;/q;2*-1;;+1;;;/p-1. The van der Waals surface area contributed by atoms with Crippen LogP contribution in [0, 0.1) is 26.0 Å². The fraction of sp³-hybridized carbons (Fsp3) is 0.0339. The zero-order valence-electron chi connectivity index (χ0n) is 37.7. The Hall–Kier alpha value is -6.56. The van der Waals surface area contributed by atoms with Crippen molar-refractivity contribution < 1.29 is 44.0 Å². The third-order valence-electron chi connectivity index (χ3n) is 10.8. The molecule has 10 heteroatoms. The topological polar surface area (TPSA) is 73.7 Å². The molecule has 6 aromatic heterocycles. The minimum atomic E-state index is 0. The van der Waals surface area contributed by atoms with Gasteiger partial charge in [-0.2, -0.15) is 0 Å². The summed E-state index contributed by atoms with van der Waals surface area (Å²) in [6.07, 6.45) is 5.37. The molecule has 0 spiro atoms. The average molecular weight is 1280 g/mol. The molecule has 12 aromatic rings. The number of nitrogens with zero attached hydrogens (tertiary/aromatic N) is 5. The molecule has 0 aliphatic heterocycles. The normalized spacial score (nSPS) is 10.3. The molecular formula is C59H43AlIr2N5OS-2. The molecule has 0 bridgehead atoms. The van der Waals surface area contributed by atoms with E-state index in [-0.39, 0.29) is 40.2 Å². The maximum absolute atomic E-state index is 5.19. The fourth-order valence-electron chi connectivity index (χ4n) is 7.74. The summed E-state index contributed by atoms with van der Waals surface area (Å²) in [6, 6.07) is 74.0. The van der Waals surface area contributed by atoms with E-state index in [0.29, 0.717) is 0 Å². The number of hydrogen-bond acceptors (Lipinski definition) is 7. The molecule has 0 fully saturated rings. The van der Waals surface area contributed by atoms with Crippen LogP contribution in [-0.2, 0) is 40.2 Å². The molecule has 0 saturated carbocycles. The van der Waals surface area contributed by atoms with E-state index >= 15 is 0 Å². The molecule has 0 aliphatic carbocycles. The van der Waals surface area contributed by atoms with Crippen molar-refractivity contribution in [3.05, 3.63) is 242 Å². The van der Waals surface area contributed by atoms with Crippen LogP contribution in [0.3, 0.4) is 0 Å². The zero-order chi connectivity index (χ0) is 45.8. The number of fused-ring (bicyclic) bond motifs is 5. The summed E-state index contributed by atoms with van der Waals surface area (Å²) in [6.45, 7) is 4.11. The predicted octanol–water partition coefficient (Wildman–Crippen LogP) is 14.5. The molecule has 0 atom stereocenters. The Balaban J connectivity index is 0.000000145. The number of para-hydroxylation sites is 1. The van der Waals surface area contributed by atoms with Crippen molar-refractivity contribution in [2.75, 3.05) is 0 Å². The number of thiophene rings is 1. The van der Waals surface area contributed by atoms with E-state index in [9.17, 15) is 0 Å². The Kier molecular flexibility index (Phi) is 18.0. The van der Waals surface area contributed by atoms with Crippen molar-refractivity contribution in [1.82, 2.24) is 24.9 Å². The minimum Gasteiger partial charge on any atom is -0.649 e. The van der Waals surface area contributed by atoms with Crippen LogP contribution in [0.2, 0.25) is 0 Å². The van der Waals surface area contributed by atoms with E-state index in [1.807, 2.05) is 115 Å². The minimum absolute atomic E-state index is 0. The van der Waals surface area contributed by atoms with Gasteiger partial charge in [-0.05, 0) is 87.8 Å². The van der Waals surface area contributed by atoms with E-state index in [1.54, 1.807) is 23.7 Å². The summed E-state index contributed by atoms with van der Waals surface area (Å²) in [4.78, 5) is 23.7. The Labute approximate surface area is 442 Å². The van der Waals surface area contributed by atoms with Crippen LogP contribution in [-0.4, -0.2) is 41.5 Å². The number of aromatic nitrogens is 5. The van der Waals surface area contributed by atoms with Crippen molar-refractivity contribution in [1.29, 1.82) is 0 Å². The molecule has 12 rings (SSSR count). The third kappa shape index (κ3) is 12.4. The molecular weight excluding hydrogens is 1240 g/mol. The smallest absolute Gasteiger partial charge is 0.494 e. The van der Waals surface area contributed by atoms with Gasteiger partial charge in [0.2, 0.25) is 0 Å². The van der Waals surface area contributed by atoms with E-state index in [2.05, 4.69) is 132 Å². The average Bonchev–Trinajstić information content (AvgIpc) is 3.85. The third-order valence-corrected chi connectivity index (χ3v) is 12.2. The van der Waals surface area contributed by atoms with Gasteiger partial charge in [-0.25, -0.2) is 11.3 Å². The number of pyridine rings is 5. The maximum atomic E-state index is 5.19. The van der Waals surface area contributed by atoms with Crippen LogP contribution in [0.1, 0.15) is 11.4 Å². The van der Waals surface area contributed by atoms with Crippen LogP contribution < -0.4 is 3.79 Å². The number of hydrogen-bond donors (Lipinski definition) is 0. The molecule has 0 N–H and O–H groups in total. The van der Waals surface area contributed by atoms with E-state index < -0.39 is 0 Å². The van der Waals surface area contributed by atoms with Gasteiger partial charge in [-0.1, -0.05) is 127 Å². The van der Waals surface area contributed by atoms with Gasteiger partial charge in [-0.3, -0.25) is 15.0 Å². The Morgan fingerprint density at radius 2 is 1.04 bits per heavy atom. The summed E-state index contributed by atoms with van der Waals surface area (Å²) in [7, 11) is 0. The zero-order valence-corrected chi connectivity index (χ0v) is 44.7. The molecule has 0 unspecified atom stereocenters. The van der Waals surface area contributed by atoms with Gasteiger partial charge in [0.05, 0.1) is 11.0 Å². The van der Waals surface area contributed by atoms with Crippen LogP contribution in [0.25, 0.3) is 86.9 Å².